The van der Waals surface area contributed by atoms with Gasteiger partial charge in [0.2, 0.25) is 0 Å². The number of aryl methyl sites for hydroxylation is 1. The highest BCUT2D eigenvalue weighted by molar-refractivity contribution is 5.85. The Morgan fingerprint density at radius 3 is 2.58 bits per heavy atom. The Hall–Kier alpha value is -4.04. The Morgan fingerprint density at radius 2 is 1.86 bits per heavy atom. The van der Waals surface area contributed by atoms with E-state index in [2.05, 4.69) is 27.0 Å². The lowest BCUT2D eigenvalue weighted by molar-refractivity contribution is 0.203. The van der Waals surface area contributed by atoms with E-state index in [9.17, 15) is 9.18 Å². The van der Waals surface area contributed by atoms with Gasteiger partial charge in [-0.1, -0.05) is 6.07 Å². The molecule has 3 aliphatic carbocycles. The predicted molar refractivity (Wildman–Crippen MR) is 165 cm³/mol. The molecule has 1 aromatic carbocycles. The van der Waals surface area contributed by atoms with Crippen molar-refractivity contribution >= 4 is 10.9 Å². The van der Waals surface area contributed by atoms with E-state index in [4.69, 9.17) is 4.98 Å². The number of nitrogens with one attached hydrogen (secondary N) is 1. The first-order valence-electron chi connectivity index (χ1n) is 15.8. The molecule has 1 saturated heterocycles. The number of pyridine rings is 2. The second-order valence-corrected chi connectivity index (χ2v) is 13.3. The summed E-state index contributed by atoms with van der Waals surface area (Å²) in [7, 11) is 1.91. The molecule has 43 heavy (non-hydrogen) atoms. The molecule has 5 heterocycles. The fraction of sp³-hybridized carbons (Fsp3) is 0.400. The van der Waals surface area contributed by atoms with E-state index in [-0.39, 0.29) is 11.4 Å². The molecular weight excluding hydrogens is 539 g/mol. The van der Waals surface area contributed by atoms with Crippen LogP contribution in [-0.2, 0) is 13.6 Å². The van der Waals surface area contributed by atoms with Crippen LogP contribution in [0.2, 0.25) is 0 Å². The molecule has 2 atom stereocenters. The number of nitrogens with zero attached hydrogens (tertiary/aromatic N) is 5. The van der Waals surface area contributed by atoms with Gasteiger partial charge in [0.25, 0.3) is 5.56 Å². The fourth-order valence-electron chi connectivity index (χ4n) is 7.69. The molecule has 0 radical (unpaired) electrons. The summed E-state index contributed by atoms with van der Waals surface area (Å²) in [5.41, 5.74) is 6.47. The fourth-order valence-corrected chi connectivity index (χ4v) is 7.69. The van der Waals surface area contributed by atoms with Crippen LogP contribution in [0.4, 0.5) is 4.39 Å². The molecule has 2 bridgehead atoms. The predicted octanol–water partition coefficient (Wildman–Crippen LogP) is 6.66. The zero-order valence-electron chi connectivity index (χ0n) is 24.4. The van der Waals surface area contributed by atoms with E-state index < -0.39 is 0 Å². The third-order valence-electron chi connectivity index (χ3n) is 10.2. The standard InChI is InChI=1S/C35H35FN6O/c1-40-11-10-37-34(40)29-15-24(36)7-9-27(29)23-13-31(22-5-6-22)39-32(14-23)42-19-30(21-3-4-21)28-16-25(38-33(28)35(42)43)18-41-17-20-2-8-26(41)12-20/h7,9-11,13-16,19-22,26,38H,2-6,8,12,17-18H2,1H3/t20-,26+/m1/s1. The first kappa shape index (κ1) is 25.5. The normalized spacial score (nSPS) is 21.8. The minimum Gasteiger partial charge on any atom is -0.353 e. The second kappa shape index (κ2) is 9.48. The summed E-state index contributed by atoms with van der Waals surface area (Å²) in [5.74, 6) is 2.70. The van der Waals surface area contributed by atoms with Gasteiger partial charge in [-0.2, -0.15) is 0 Å². The van der Waals surface area contributed by atoms with Crippen LogP contribution < -0.4 is 5.56 Å². The molecule has 0 spiro atoms. The van der Waals surface area contributed by atoms with E-state index >= 15 is 0 Å². The SMILES string of the molecule is Cn1ccnc1-c1cc(F)ccc1-c1cc(C2CC2)nc(-n2cc(C3CC3)c3cc(CN4C[C@@H]5CC[C@H]4C5)[nH]c3c2=O)c1. The number of fused-ring (bicyclic) bond motifs is 3. The van der Waals surface area contributed by atoms with Gasteiger partial charge in [0, 0.05) is 73.0 Å². The molecule has 4 fully saturated rings. The molecular formula is C35H35FN6O. The lowest BCUT2D eigenvalue weighted by Crippen LogP contribution is -2.31. The molecule has 7 nitrogen and oxygen atoms in total. The molecule has 8 heteroatoms. The maximum atomic E-state index is 14.5. The largest absolute Gasteiger partial charge is 0.353 e. The van der Waals surface area contributed by atoms with Crippen LogP contribution in [0.15, 0.2) is 59.8 Å². The number of benzene rings is 1. The zero-order valence-corrected chi connectivity index (χ0v) is 24.4. The number of likely N-dealkylation sites (tertiary alicyclic amines) is 1. The number of H-pyrrole nitrogens is 1. The number of aromatic amines is 1. The maximum absolute atomic E-state index is 14.5. The van der Waals surface area contributed by atoms with Crippen molar-refractivity contribution in [3.05, 3.63) is 88.1 Å². The summed E-state index contributed by atoms with van der Waals surface area (Å²) in [4.78, 5) is 30.0. The summed E-state index contributed by atoms with van der Waals surface area (Å²) in [6.45, 7) is 2.05. The Kier molecular flexibility index (Phi) is 5.61. The van der Waals surface area contributed by atoms with E-state index in [1.807, 2.05) is 36.1 Å². The minimum atomic E-state index is -0.307. The van der Waals surface area contributed by atoms with Crippen LogP contribution in [0.25, 0.3) is 39.2 Å². The van der Waals surface area contributed by atoms with Crippen molar-refractivity contribution in [2.75, 3.05) is 6.54 Å². The van der Waals surface area contributed by atoms with Crippen LogP contribution in [0, 0.1) is 11.7 Å². The number of halogens is 1. The molecule has 4 aromatic heterocycles. The molecule has 3 saturated carbocycles. The van der Waals surface area contributed by atoms with Gasteiger partial charge in [-0.05, 0) is 104 Å². The lowest BCUT2D eigenvalue weighted by atomic mass is 9.98. The molecule has 218 valence electrons. The smallest absolute Gasteiger partial charge is 0.280 e. The van der Waals surface area contributed by atoms with Gasteiger partial charge in [0.15, 0.2) is 0 Å². The minimum absolute atomic E-state index is 0.0663. The Labute approximate surface area is 249 Å². The van der Waals surface area contributed by atoms with Gasteiger partial charge < -0.3 is 9.55 Å². The molecule has 1 aliphatic heterocycles. The number of hydrogen-bond donors (Lipinski definition) is 1. The molecule has 0 amide bonds. The highest BCUT2D eigenvalue weighted by atomic mass is 19.1. The van der Waals surface area contributed by atoms with Gasteiger partial charge in [-0.15, -0.1) is 0 Å². The number of piperidine rings is 1. The molecule has 4 aliphatic rings. The average Bonchev–Trinajstić information content (AvgIpc) is 3.86. The van der Waals surface area contributed by atoms with Crippen LogP contribution in [0.3, 0.4) is 0 Å². The quantitative estimate of drug-likeness (QED) is 0.236. The second-order valence-electron chi connectivity index (χ2n) is 13.3. The Morgan fingerprint density at radius 1 is 1.00 bits per heavy atom. The van der Waals surface area contributed by atoms with Gasteiger partial charge in [-0.25, -0.2) is 14.4 Å². The summed E-state index contributed by atoms with van der Waals surface area (Å²) in [6, 6.07) is 11.9. The van der Waals surface area contributed by atoms with Crippen molar-refractivity contribution in [1.29, 1.82) is 0 Å². The number of imidazole rings is 1. The van der Waals surface area contributed by atoms with Gasteiger partial charge in [-0.3, -0.25) is 14.3 Å². The number of rotatable bonds is 7. The third kappa shape index (κ3) is 4.37. The average molecular weight is 575 g/mol. The maximum Gasteiger partial charge on any atom is 0.280 e. The highest BCUT2D eigenvalue weighted by Crippen LogP contribution is 2.45. The van der Waals surface area contributed by atoms with Crippen LogP contribution in [-0.4, -0.2) is 41.6 Å². The Balaban J connectivity index is 1.18. The summed E-state index contributed by atoms with van der Waals surface area (Å²) < 4.78 is 18.2. The first-order valence-corrected chi connectivity index (χ1v) is 15.8. The Bertz CT molecular complexity index is 1960. The van der Waals surface area contributed by atoms with E-state index in [0.29, 0.717) is 35.0 Å². The summed E-state index contributed by atoms with van der Waals surface area (Å²) >= 11 is 0. The van der Waals surface area contributed by atoms with E-state index in [1.165, 1.54) is 37.4 Å². The molecule has 1 N–H and O–H groups in total. The van der Waals surface area contributed by atoms with Crippen LogP contribution in [0.5, 0.6) is 0 Å². The van der Waals surface area contributed by atoms with Crippen molar-refractivity contribution in [3.63, 3.8) is 0 Å². The van der Waals surface area contributed by atoms with Crippen molar-refractivity contribution < 1.29 is 4.39 Å². The lowest BCUT2D eigenvalue weighted by Gasteiger charge is -2.25. The highest BCUT2D eigenvalue weighted by Gasteiger charge is 2.38. The van der Waals surface area contributed by atoms with Crippen molar-refractivity contribution in [1.82, 2.24) is 29.0 Å². The summed E-state index contributed by atoms with van der Waals surface area (Å²) in [6.07, 6.45) is 14.1. The van der Waals surface area contributed by atoms with Crippen molar-refractivity contribution in [2.24, 2.45) is 13.0 Å². The zero-order chi connectivity index (χ0) is 28.8. The van der Waals surface area contributed by atoms with Gasteiger partial charge >= 0.3 is 0 Å². The van der Waals surface area contributed by atoms with Crippen molar-refractivity contribution in [2.45, 2.75) is 69.4 Å². The number of hydrogen-bond acceptors (Lipinski definition) is 4. The summed E-state index contributed by atoms with van der Waals surface area (Å²) in [5, 5.41) is 1.07. The van der Waals surface area contributed by atoms with E-state index in [1.54, 1.807) is 16.8 Å². The van der Waals surface area contributed by atoms with E-state index in [0.717, 1.165) is 71.6 Å². The van der Waals surface area contributed by atoms with Crippen molar-refractivity contribution in [3.8, 4) is 28.3 Å². The molecule has 0 unspecified atom stereocenters. The van der Waals surface area contributed by atoms with Gasteiger partial charge in [0.05, 0.1) is 0 Å². The topological polar surface area (TPSA) is 71.7 Å². The van der Waals surface area contributed by atoms with Crippen LogP contribution in [0.1, 0.15) is 73.7 Å². The third-order valence-corrected chi connectivity index (χ3v) is 10.2. The number of aromatic nitrogens is 5. The monoisotopic (exact) mass is 574 g/mol. The first-order chi connectivity index (χ1) is 21.0. The van der Waals surface area contributed by atoms with Gasteiger partial charge in [0.1, 0.15) is 23.0 Å². The molecule has 9 rings (SSSR count). The molecule has 5 aromatic rings. The van der Waals surface area contributed by atoms with Crippen LogP contribution >= 0.6 is 0 Å².